The maximum atomic E-state index is 13.8. The second-order valence-electron chi connectivity index (χ2n) is 8.92. The van der Waals surface area contributed by atoms with Crippen LogP contribution in [0.15, 0.2) is 63.5 Å². The van der Waals surface area contributed by atoms with Gasteiger partial charge in [0.15, 0.2) is 16.3 Å². The largest absolute Gasteiger partial charge is 0.490 e. The average Bonchev–Trinajstić information content (AvgIpc) is 3.21. The Morgan fingerprint density at radius 2 is 1.87 bits per heavy atom. The molecule has 8 nitrogen and oxygen atoms in total. The molecule has 1 aliphatic rings. The third-order valence-corrected chi connectivity index (χ3v) is 7.10. The van der Waals surface area contributed by atoms with Gasteiger partial charge in [0.05, 0.1) is 35.1 Å². The van der Waals surface area contributed by atoms with Gasteiger partial charge < -0.3 is 19.1 Å². The molecule has 0 unspecified atom stereocenters. The normalized spacial score (nSPS) is 14.8. The summed E-state index contributed by atoms with van der Waals surface area (Å²) < 4.78 is 18.7. The minimum Gasteiger partial charge on any atom is -0.490 e. The van der Waals surface area contributed by atoms with Crippen molar-refractivity contribution in [1.29, 1.82) is 0 Å². The first-order valence-electron chi connectivity index (χ1n) is 12.6. The number of aromatic nitrogens is 1. The molecule has 1 aromatic heterocycles. The van der Waals surface area contributed by atoms with E-state index < -0.39 is 12.0 Å². The standard InChI is InChI=1S/C30H31N3O5S/c1-7-16-38-23-15-10-20(17-24(23)36-8-2)18-25-28(34)33-27(21-11-13-22(14-12-21)32(5)6)26(29(35)37-9-3)19(4)31-30(33)39-25/h1,10-15,17-18,27H,8-9,16H2,2-6H3/b25-18-/t27-/m0/s1. The van der Waals surface area contributed by atoms with Crippen molar-refractivity contribution in [3.8, 4) is 23.8 Å². The molecule has 0 N–H and O–H groups in total. The smallest absolute Gasteiger partial charge is 0.338 e. The number of anilines is 1. The van der Waals surface area contributed by atoms with Gasteiger partial charge in [-0.25, -0.2) is 9.79 Å². The molecule has 3 aromatic rings. The summed E-state index contributed by atoms with van der Waals surface area (Å²) in [5, 5.41) is 0. The molecular weight excluding hydrogens is 514 g/mol. The van der Waals surface area contributed by atoms with Crippen LogP contribution < -0.4 is 29.3 Å². The van der Waals surface area contributed by atoms with E-state index in [1.807, 2.05) is 56.3 Å². The Labute approximate surface area is 231 Å². The van der Waals surface area contributed by atoms with E-state index in [1.165, 1.54) is 11.3 Å². The maximum absolute atomic E-state index is 13.8. The molecule has 0 saturated carbocycles. The summed E-state index contributed by atoms with van der Waals surface area (Å²) in [6, 6.07) is 12.5. The van der Waals surface area contributed by atoms with Crippen molar-refractivity contribution >= 4 is 29.1 Å². The lowest BCUT2D eigenvalue weighted by atomic mass is 9.95. The van der Waals surface area contributed by atoms with Crippen LogP contribution in [0.4, 0.5) is 5.69 Å². The molecule has 0 amide bonds. The highest BCUT2D eigenvalue weighted by molar-refractivity contribution is 7.07. The fourth-order valence-corrected chi connectivity index (χ4v) is 5.38. The summed E-state index contributed by atoms with van der Waals surface area (Å²) in [5.74, 6) is 3.03. The Morgan fingerprint density at radius 3 is 2.51 bits per heavy atom. The van der Waals surface area contributed by atoms with Crippen LogP contribution in [-0.2, 0) is 9.53 Å². The summed E-state index contributed by atoms with van der Waals surface area (Å²) >= 11 is 1.27. The molecular formula is C30H31N3O5S. The zero-order valence-corrected chi connectivity index (χ0v) is 23.5. The van der Waals surface area contributed by atoms with Crippen molar-refractivity contribution in [1.82, 2.24) is 4.57 Å². The third kappa shape index (κ3) is 5.76. The molecule has 202 valence electrons. The Hall–Kier alpha value is -4.29. The number of fused-ring (bicyclic) bond motifs is 1. The topological polar surface area (TPSA) is 82.4 Å². The van der Waals surface area contributed by atoms with Crippen LogP contribution in [0.3, 0.4) is 0 Å². The van der Waals surface area contributed by atoms with Crippen LogP contribution in [0.5, 0.6) is 11.5 Å². The van der Waals surface area contributed by atoms with Crippen LogP contribution in [0.25, 0.3) is 6.08 Å². The summed E-state index contributed by atoms with van der Waals surface area (Å²) in [6.07, 6.45) is 7.11. The Bertz CT molecular complexity index is 1620. The maximum Gasteiger partial charge on any atom is 0.338 e. The first-order valence-corrected chi connectivity index (χ1v) is 13.4. The monoisotopic (exact) mass is 545 g/mol. The number of terminal acetylenes is 1. The fraction of sp³-hybridized carbons (Fsp3) is 0.300. The van der Waals surface area contributed by atoms with Gasteiger partial charge >= 0.3 is 5.97 Å². The number of carbonyl (C=O) groups is 1. The molecule has 1 aliphatic heterocycles. The van der Waals surface area contributed by atoms with Crippen LogP contribution >= 0.6 is 11.3 Å². The molecule has 2 aromatic carbocycles. The minimum atomic E-state index is -0.669. The molecule has 2 heterocycles. The molecule has 0 spiro atoms. The average molecular weight is 546 g/mol. The molecule has 0 bridgehead atoms. The lowest BCUT2D eigenvalue weighted by molar-refractivity contribution is -0.139. The van der Waals surface area contributed by atoms with Gasteiger partial charge in [-0.1, -0.05) is 35.5 Å². The first kappa shape index (κ1) is 27.7. The van der Waals surface area contributed by atoms with E-state index in [0.29, 0.717) is 38.7 Å². The summed E-state index contributed by atoms with van der Waals surface area (Å²) in [6.45, 7) is 6.19. The van der Waals surface area contributed by atoms with Gasteiger partial charge in [0.25, 0.3) is 5.56 Å². The van der Waals surface area contributed by atoms with Gasteiger partial charge in [-0.05, 0) is 62.2 Å². The van der Waals surface area contributed by atoms with E-state index in [1.54, 1.807) is 36.6 Å². The van der Waals surface area contributed by atoms with E-state index in [-0.39, 0.29) is 18.8 Å². The SMILES string of the molecule is C#CCOc1ccc(/C=c2\sc3n(c2=O)[C@@H](c2ccc(N(C)C)cc2)C(C(=O)OCC)=C(C)N=3)cc1OCC. The number of thiazole rings is 1. The predicted octanol–water partition coefficient (Wildman–Crippen LogP) is 3.28. The highest BCUT2D eigenvalue weighted by Crippen LogP contribution is 2.32. The van der Waals surface area contributed by atoms with Crippen molar-refractivity contribution in [2.45, 2.75) is 26.8 Å². The van der Waals surface area contributed by atoms with Crippen molar-refractivity contribution in [2.24, 2.45) is 4.99 Å². The van der Waals surface area contributed by atoms with Gasteiger partial charge in [-0.15, -0.1) is 6.42 Å². The minimum absolute atomic E-state index is 0.121. The quantitative estimate of drug-likeness (QED) is 0.303. The summed E-state index contributed by atoms with van der Waals surface area (Å²) in [7, 11) is 3.91. The van der Waals surface area contributed by atoms with Crippen LogP contribution in [-0.4, -0.2) is 44.5 Å². The Kier molecular flexibility index (Phi) is 8.57. The summed E-state index contributed by atoms with van der Waals surface area (Å²) in [5.41, 5.74) is 3.17. The lowest BCUT2D eigenvalue weighted by Crippen LogP contribution is -2.39. The zero-order chi connectivity index (χ0) is 28.1. The molecule has 0 fully saturated rings. The number of benzene rings is 2. The summed E-state index contributed by atoms with van der Waals surface area (Å²) in [4.78, 5) is 34.1. The van der Waals surface area contributed by atoms with Crippen molar-refractivity contribution < 1.29 is 19.0 Å². The number of rotatable bonds is 9. The van der Waals surface area contributed by atoms with Gasteiger partial charge in [-0.3, -0.25) is 9.36 Å². The van der Waals surface area contributed by atoms with Crippen molar-refractivity contribution in [2.75, 3.05) is 38.8 Å². The van der Waals surface area contributed by atoms with Crippen LogP contribution in [0, 0.1) is 12.3 Å². The lowest BCUT2D eigenvalue weighted by Gasteiger charge is -2.25. The molecule has 0 aliphatic carbocycles. The highest BCUT2D eigenvalue weighted by atomic mass is 32.1. The van der Waals surface area contributed by atoms with Gasteiger partial charge in [0.2, 0.25) is 0 Å². The molecule has 0 saturated heterocycles. The Balaban J connectivity index is 1.87. The van der Waals surface area contributed by atoms with E-state index in [2.05, 4.69) is 10.9 Å². The van der Waals surface area contributed by atoms with Crippen LogP contribution in [0.1, 0.15) is 37.9 Å². The third-order valence-electron chi connectivity index (χ3n) is 6.12. The molecule has 1 atom stereocenters. The van der Waals surface area contributed by atoms with Crippen molar-refractivity contribution in [3.63, 3.8) is 0 Å². The number of allylic oxidation sites excluding steroid dienone is 1. The number of esters is 1. The first-order chi connectivity index (χ1) is 18.8. The molecule has 9 heteroatoms. The number of hydrogen-bond acceptors (Lipinski definition) is 8. The van der Waals surface area contributed by atoms with E-state index >= 15 is 0 Å². The van der Waals surface area contributed by atoms with Crippen molar-refractivity contribution in [3.05, 3.63) is 84.5 Å². The second-order valence-corrected chi connectivity index (χ2v) is 9.93. The van der Waals surface area contributed by atoms with Gasteiger partial charge in [-0.2, -0.15) is 0 Å². The number of hydrogen-bond donors (Lipinski definition) is 0. The number of carbonyl (C=O) groups excluding carboxylic acids is 1. The molecule has 39 heavy (non-hydrogen) atoms. The van der Waals surface area contributed by atoms with Gasteiger partial charge in [0, 0.05) is 19.8 Å². The fourth-order valence-electron chi connectivity index (χ4n) is 4.33. The number of nitrogens with zero attached hydrogens (tertiary/aromatic N) is 3. The van der Waals surface area contributed by atoms with Crippen LogP contribution in [0.2, 0.25) is 0 Å². The van der Waals surface area contributed by atoms with Gasteiger partial charge in [0.1, 0.15) is 6.61 Å². The van der Waals surface area contributed by atoms with E-state index in [4.69, 9.17) is 20.6 Å². The molecule has 0 radical (unpaired) electrons. The zero-order valence-electron chi connectivity index (χ0n) is 22.7. The van der Waals surface area contributed by atoms with E-state index in [0.717, 1.165) is 16.8 Å². The number of ether oxygens (including phenoxy) is 3. The molecule has 4 rings (SSSR count). The van der Waals surface area contributed by atoms with E-state index in [9.17, 15) is 9.59 Å². The Morgan fingerprint density at radius 1 is 1.13 bits per heavy atom. The second kappa shape index (κ2) is 12.0. The highest BCUT2D eigenvalue weighted by Gasteiger charge is 2.33. The predicted molar refractivity (Wildman–Crippen MR) is 153 cm³/mol.